The van der Waals surface area contributed by atoms with E-state index in [2.05, 4.69) is 164 Å². The molecule has 0 fully saturated rings. The Morgan fingerprint density at radius 3 is 1.75 bits per heavy atom. The number of nitrogens with zero attached hydrogens (tertiary/aromatic N) is 4. The molecule has 2 heterocycles. The average molecular weight is 755 g/mol. The van der Waals surface area contributed by atoms with E-state index in [1.807, 2.05) is 36.4 Å². The van der Waals surface area contributed by atoms with Crippen molar-refractivity contribution in [1.82, 2.24) is 19.5 Å². The zero-order valence-electron chi connectivity index (χ0n) is 32.8. The summed E-state index contributed by atoms with van der Waals surface area (Å²) in [5, 5.41) is 2.51. The lowest BCUT2D eigenvalue weighted by atomic mass is 9.82. The van der Waals surface area contributed by atoms with Crippen molar-refractivity contribution in [2.24, 2.45) is 0 Å². The topological polar surface area (TPSA) is 43.6 Å². The largest absolute Gasteiger partial charge is 0.309 e. The molecule has 278 valence electrons. The van der Waals surface area contributed by atoms with Crippen LogP contribution in [-0.2, 0) is 11.8 Å². The van der Waals surface area contributed by atoms with Gasteiger partial charge in [-0.25, -0.2) is 15.0 Å². The van der Waals surface area contributed by atoms with Gasteiger partial charge in [-0.2, -0.15) is 0 Å². The Balaban J connectivity index is 1.09. The highest BCUT2D eigenvalue weighted by Crippen LogP contribution is 2.52. The Morgan fingerprint density at radius 2 is 1.02 bits per heavy atom. The molecule has 4 nitrogen and oxygen atoms in total. The fraction of sp³-hybridized carbons (Fsp3) is 0.0727. The predicted octanol–water partition coefficient (Wildman–Crippen LogP) is 13.5. The van der Waals surface area contributed by atoms with Gasteiger partial charge in [-0.1, -0.05) is 153 Å². The van der Waals surface area contributed by atoms with Crippen molar-refractivity contribution in [2.45, 2.75) is 25.7 Å². The molecule has 4 heteroatoms. The maximum atomic E-state index is 5.19. The van der Waals surface area contributed by atoms with E-state index in [4.69, 9.17) is 15.0 Å². The molecule has 0 saturated carbocycles. The Hall–Kier alpha value is -7.43. The molecule has 10 aromatic rings. The summed E-state index contributed by atoms with van der Waals surface area (Å²) in [6.07, 6.45) is 0.833. The normalized spacial score (nSPS) is 13.3. The van der Waals surface area contributed by atoms with Crippen LogP contribution in [0.25, 0.3) is 95.0 Å². The minimum atomic E-state index is -0.0944. The van der Waals surface area contributed by atoms with Crippen LogP contribution >= 0.6 is 0 Å². The van der Waals surface area contributed by atoms with E-state index in [0.717, 1.165) is 28.8 Å². The van der Waals surface area contributed by atoms with Crippen molar-refractivity contribution < 1.29 is 0 Å². The van der Waals surface area contributed by atoms with Gasteiger partial charge in [-0.15, -0.1) is 0 Å². The number of benzene rings is 8. The summed E-state index contributed by atoms with van der Waals surface area (Å²) in [5.74, 6) is 2.00. The van der Waals surface area contributed by atoms with E-state index in [9.17, 15) is 0 Å². The van der Waals surface area contributed by atoms with Crippen LogP contribution in [0.1, 0.15) is 36.1 Å². The lowest BCUT2D eigenvalue weighted by molar-refractivity contribution is 0.661. The van der Waals surface area contributed by atoms with Gasteiger partial charge in [-0.3, -0.25) is 0 Å². The summed E-state index contributed by atoms with van der Waals surface area (Å²) in [5.41, 5.74) is 19.4. The molecule has 0 bridgehead atoms. The SMILES string of the molecule is CC1(C)c2ccccc2-c2cc3c4cc(-c5ccc(-c6nc(-c7ccccc7)nc(-c7ccccc7)n6)c6c5Cc5ccccc5-6)ccc4n(-c4ccccc4)c3cc21. The monoisotopic (exact) mass is 754 g/mol. The Labute approximate surface area is 343 Å². The molecule has 0 unspecified atom stereocenters. The minimum Gasteiger partial charge on any atom is -0.309 e. The second kappa shape index (κ2) is 12.8. The first-order valence-electron chi connectivity index (χ1n) is 20.4. The zero-order chi connectivity index (χ0) is 39.2. The van der Waals surface area contributed by atoms with E-state index in [1.54, 1.807) is 0 Å². The molecule has 0 radical (unpaired) electrons. The van der Waals surface area contributed by atoms with Crippen molar-refractivity contribution in [3.8, 4) is 73.2 Å². The molecule has 12 rings (SSSR count). The zero-order valence-corrected chi connectivity index (χ0v) is 32.8. The molecule has 0 amide bonds. The highest BCUT2D eigenvalue weighted by atomic mass is 15.0. The third-order valence-electron chi connectivity index (χ3n) is 12.7. The summed E-state index contributed by atoms with van der Waals surface area (Å²) in [7, 11) is 0. The summed E-state index contributed by atoms with van der Waals surface area (Å²) >= 11 is 0. The van der Waals surface area contributed by atoms with Gasteiger partial charge in [-0.05, 0) is 105 Å². The third-order valence-corrected chi connectivity index (χ3v) is 12.7. The van der Waals surface area contributed by atoms with Crippen LogP contribution in [0.15, 0.2) is 182 Å². The van der Waals surface area contributed by atoms with Gasteiger partial charge in [0.2, 0.25) is 0 Å². The average Bonchev–Trinajstić information content (AvgIpc) is 3.91. The first kappa shape index (κ1) is 33.7. The van der Waals surface area contributed by atoms with Gasteiger partial charge in [0, 0.05) is 38.6 Å². The van der Waals surface area contributed by atoms with Crippen LogP contribution in [-0.4, -0.2) is 19.5 Å². The first-order valence-corrected chi connectivity index (χ1v) is 20.4. The molecule has 0 atom stereocenters. The Bertz CT molecular complexity index is 3250. The van der Waals surface area contributed by atoms with Crippen molar-refractivity contribution >= 4 is 21.8 Å². The number of hydrogen-bond donors (Lipinski definition) is 0. The first-order chi connectivity index (χ1) is 29.0. The van der Waals surface area contributed by atoms with Crippen LogP contribution in [0, 0.1) is 0 Å². The maximum Gasteiger partial charge on any atom is 0.164 e. The van der Waals surface area contributed by atoms with E-state index in [0.29, 0.717) is 17.5 Å². The van der Waals surface area contributed by atoms with Gasteiger partial charge in [0.25, 0.3) is 0 Å². The van der Waals surface area contributed by atoms with Crippen molar-refractivity contribution in [3.63, 3.8) is 0 Å². The Kier molecular flexibility index (Phi) is 7.30. The van der Waals surface area contributed by atoms with E-state index < -0.39 is 0 Å². The van der Waals surface area contributed by atoms with Gasteiger partial charge in [0.05, 0.1) is 11.0 Å². The summed E-state index contributed by atoms with van der Waals surface area (Å²) in [6.45, 7) is 4.72. The number of aromatic nitrogens is 4. The summed E-state index contributed by atoms with van der Waals surface area (Å²) in [6, 6.07) is 65.5. The number of hydrogen-bond acceptors (Lipinski definition) is 3. The fourth-order valence-corrected chi connectivity index (χ4v) is 9.87. The molecular formula is C55H38N4. The standard InChI is InChI=1S/C55H38N4/c1-55(2)47-25-15-14-24-41(47)43-32-45-44-30-37(26-29-49(44)59(50(45)33-48(43)55)38-21-10-5-11-22-38)39-27-28-42(51-40-23-13-12-20-36(40)31-46(39)51)54-57-52(34-16-6-3-7-17-34)56-53(58-54)35-18-8-4-9-19-35/h3-30,32-33H,31H2,1-2H3. The third kappa shape index (κ3) is 5.12. The maximum absolute atomic E-state index is 5.19. The second-order valence-electron chi connectivity index (χ2n) is 16.4. The molecule has 0 aliphatic heterocycles. The van der Waals surface area contributed by atoms with Crippen LogP contribution in [0.3, 0.4) is 0 Å². The van der Waals surface area contributed by atoms with Gasteiger partial charge in [0.1, 0.15) is 0 Å². The minimum absolute atomic E-state index is 0.0944. The number of fused-ring (bicyclic) bond motifs is 9. The predicted molar refractivity (Wildman–Crippen MR) is 242 cm³/mol. The van der Waals surface area contributed by atoms with E-state index in [1.165, 1.54) is 77.4 Å². The van der Waals surface area contributed by atoms with Gasteiger partial charge >= 0.3 is 0 Å². The van der Waals surface area contributed by atoms with Gasteiger partial charge in [0.15, 0.2) is 17.5 Å². The fourth-order valence-electron chi connectivity index (χ4n) is 9.87. The van der Waals surface area contributed by atoms with E-state index >= 15 is 0 Å². The van der Waals surface area contributed by atoms with Crippen LogP contribution < -0.4 is 0 Å². The molecular weight excluding hydrogens is 717 g/mol. The smallest absolute Gasteiger partial charge is 0.164 e. The molecule has 0 N–H and O–H groups in total. The van der Waals surface area contributed by atoms with E-state index in [-0.39, 0.29) is 5.41 Å². The summed E-state index contributed by atoms with van der Waals surface area (Å²) < 4.78 is 2.45. The second-order valence-corrected chi connectivity index (χ2v) is 16.4. The van der Waals surface area contributed by atoms with Crippen molar-refractivity contribution in [3.05, 3.63) is 204 Å². The molecule has 0 saturated heterocycles. The molecule has 59 heavy (non-hydrogen) atoms. The van der Waals surface area contributed by atoms with Crippen LogP contribution in [0.5, 0.6) is 0 Å². The molecule has 8 aromatic carbocycles. The Morgan fingerprint density at radius 1 is 0.424 bits per heavy atom. The molecule has 0 spiro atoms. The summed E-state index contributed by atoms with van der Waals surface area (Å²) in [4.78, 5) is 15.4. The molecule has 2 aliphatic carbocycles. The molecule has 2 aromatic heterocycles. The highest BCUT2D eigenvalue weighted by molar-refractivity contribution is 6.13. The number of rotatable bonds is 5. The lowest BCUT2D eigenvalue weighted by Crippen LogP contribution is -2.14. The van der Waals surface area contributed by atoms with Crippen LogP contribution in [0.4, 0.5) is 0 Å². The molecule has 2 aliphatic rings. The quantitative estimate of drug-likeness (QED) is 0.176. The van der Waals surface area contributed by atoms with Crippen LogP contribution in [0.2, 0.25) is 0 Å². The number of para-hydroxylation sites is 1. The van der Waals surface area contributed by atoms with Gasteiger partial charge < -0.3 is 4.57 Å². The highest BCUT2D eigenvalue weighted by Gasteiger charge is 2.36. The van der Waals surface area contributed by atoms with Crippen molar-refractivity contribution in [2.75, 3.05) is 0 Å². The lowest BCUT2D eigenvalue weighted by Gasteiger charge is -2.21. The van der Waals surface area contributed by atoms with Crippen molar-refractivity contribution in [1.29, 1.82) is 0 Å².